The molecule has 150 valence electrons. The standard InChI is InChI=1S/C21H27N3O4/c1-6-10(3)24-18(26)14-15(19(24)27)21(23-17(14)12(5)25)13-8-7-9(2)11(4)16(13)22-20(21)28/h7-8,10,12,14-15,17,23,25H,6H2,1-5H3,(H,22,28)/p+1/t10-,12+,14-,15-,17+,21+/m0/s1. The van der Waals surface area contributed by atoms with Crippen LogP contribution in [0.2, 0.25) is 0 Å². The van der Waals surface area contributed by atoms with Crippen molar-refractivity contribution < 1.29 is 24.8 Å². The molecule has 4 rings (SSSR count). The number of hydrogen-bond acceptors (Lipinski definition) is 4. The van der Waals surface area contributed by atoms with Gasteiger partial charge in [-0.2, -0.15) is 0 Å². The summed E-state index contributed by atoms with van der Waals surface area (Å²) in [5.74, 6) is -2.36. The van der Waals surface area contributed by atoms with Crippen LogP contribution in [0.1, 0.15) is 43.9 Å². The summed E-state index contributed by atoms with van der Waals surface area (Å²) >= 11 is 0. The van der Waals surface area contributed by atoms with Crippen LogP contribution < -0.4 is 10.6 Å². The van der Waals surface area contributed by atoms with E-state index in [-0.39, 0.29) is 23.8 Å². The Labute approximate surface area is 164 Å². The van der Waals surface area contributed by atoms with E-state index in [2.05, 4.69) is 5.32 Å². The number of amides is 3. The van der Waals surface area contributed by atoms with Crippen LogP contribution in [0.4, 0.5) is 5.69 Å². The van der Waals surface area contributed by atoms with Gasteiger partial charge in [0.2, 0.25) is 17.4 Å². The number of carbonyl (C=O) groups excluding carboxylic acids is 3. The van der Waals surface area contributed by atoms with Crippen LogP contribution in [0, 0.1) is 25.7 Å². The van der Waals surface area contributed by atoms with Crippen molar-refractivity contribution in [2.75, 3.05) is 5.32 Å². The van der Waals surface area contributed by atoms with E-state index >= 15 is 0 Å². The lowest BCUT2D eigenvalue weighted by molar-refractivity contribution is -0.738. The smallest absolute Gasteiger partial charge is 0.291 e. The summed E-state index contributed by atoms with van der Waals surface area (Å²) in [6, 6.07) is 3.05. The van der Waals surface area contributed by atoms with Gasteiger partial charge >= 0.3 is 0 Å². The predicted octanol–water partition coefficient (Wildman–Crippen LogP) is 0.177. The van der Waals surface area contributed by atoms with Gasteiger partial charge in [-0.15, -0.1) is 0 Å². The minimum Gasteiger partial charge on any atom is -0.387 e. The van der Waals surface area contributed by atoms with Crippen LogP contribution >= 0.6 is 0 Å². The third-order valence-electron chi connectivity index (χ3n) is 7.13. The Morgan fingerprint density at radius 3 is 2.50 bits per heavy atom. The third-order valence-corrected chi connectivity index (χ3v) is 7.13. The number of nitrogens with zero attached hydrogens (tertiary/aromatic N) is 1. The van der Waals surface area contributed by atoms with Crippen LogP contribution in [-0.4, -0.2) is 45.9 Å². The maximum Gasteiger partial charge on any atom is 0.291 e. The van der Waals surface area contributed by atoms with Gasteiger partial charge in [0.05, 0.1) is 5.69 Å². The van der Waals surface area contributed by atoms with Crippen LogP contribution in [0.15, 0.2) is 12.1 Å². The number of nitrogens with one attached hydrogen (secondary N) is 1. The second-order valence-electron chi connectivity index (χ2n) is 8.54. The lowest BCUT2D eigenvalue weighted by Crippen LogP contribution is -3.00. The van der Waals surface area contributed by atoms with Crippen molar-refractivity contribution in [1.82, 2.24) is 4.90 Å². The molecule has 6 atom stereocenters. The van der Waals surface area contributed by atoms with Crippen molar-refractivity contribution in [1.29, 1.82) is 0 Å². The Morgan fingerprint density at radius 2 is 1.89 bits per heavy atom. The summed E-state index contributed by atoms with van der Waals surface area (Å²) in [6.07, 6.45) is -0.183. The number of nitrogens with two attached hydrogens (primary N) is 1. The molecule has 3 heterocycles. The number of aliphatic hydroxyl groups excluding tert-OH is 1. The molecular weight excluding hydrogens is 358 g/mol. The highest BCUT2D eigenvalue weighted by Crippen LogP contribution is 2.50. The Bertz CT molecular complexity index is 896. The fourth-order valence-electron chi connectivity index (χ4n) is 5.28. The molecule has 1 aromatic rings. The Balaban J connectivity index is 1.93. The van der Waals surface area contributed by atoms with E-state index in [0.717, 1.165) is 22.4 Å². The fourth-order valence-corrected chi connectivity index (χ4v) is 5.28. The molecule has 3 aliphatic rings. The highest BCUT2D eigenvalue weighted by Gasteiger charge is 2.75. The van der Waals surface area contributed by atoms with Crippen molar-refractivity contribution in [3.8, 4) is 0 Å². The Hall–Kier alpha value is -2.25. The normalized spacial score (nSPS) is 33.3. The SMILES string of the molecule is CC[C@H](C)N1C(=O)[C@@H]2[C@@H]([C@@H](C)O)[NH2+][C@@]3(C(=O)Nc4c3ccc(C)c4C)[C@@H]2C1=O. The van der Waals surface area contributed by atoms with Gasteiger partial charge in [0.25, 0.3) is 5.91 Å². The molecule has 28 heavy (non-hydrogen) atoms. The summed E-state index contributed by atoms with van der Waals surface area (Å²) in [7, 11) is 0. The molecule has 2 fully saturated rings. The molecule has 0 aromatic heterocycles. The molecule has 2 saturated heterocycles. The number of imide groups is 1. The molecule has 1 aromatic carbocycles. The molecule has 7 heteroatoms. The summed E-state index contributed by atoms with van der Waals surface area (Å²) in [4.78, 5) is 41.3. The number of quaternary nitrogens is 1. The molecule has 4 N–H and O–H groups in total. The number of carbonyl (C=O) groups is 3. The maximum atomic E-state index is 13.5. The minimum absolute atomic E-state index is 0.235. The average Bonchev–Trinajstić information content (AvgIpc) is 3.24. The predicted molar refractivity (Wildman–Crippen MR) is 102 cm³/mol. The van der Waals surface area contributed by atoms with Crippen LogP contribution in [-0.2, 0) is 19.9 Å². The number of aryl methyl sites for hydroxylation is 1. The summed E-state index contributed by atoms with van der Waals surface area (Å²) in [5.41, 5.74) is 2.27. The van der Waals surface area contributed by atoms with Crippen molar-refractivity contribution in [2.24, 2.45) is 11.8 Å². The monoisotopic (exact) mass is 386 g/mol. The van der Waals surface area contributed by atoms with Gasteiger partial charge in [0.15, 0.2) is 0 Å². The second-order valence-corrected chi connectivity index (χ2v) is 8.54. The quantitative estimate of drug-likeness (QED) is 0.645. The van der Waals surface area contributed by atoms with Crippen molar-refractivity contribution >= 4 is 23.4 Å². The van der Waals surface area contributed by atoms with Gasteiger partial charge in [-0.05, 0) is 51.3 Å². The molecule has 3 amide bonds. The third kappa shape index (κ3) is 2.14. The number of aliphatic hydroxyl groups is 1. The molecule has 0 unspecified atom stereocenters. The molecule has 0 radical (unpaired) electrons. The Kier molecular flexibility index (Phi) is 4.17. The zero-order valence-electron chi connectivity index (χ0n) is 16.9. The zero-order chi connectivity index (χ0) is 20.5. The molecule has 0 bridgehead atoms. The number of hydrogen-bond donors (Lipinski definition) is 3. The van der Waals surface area contributed by atoms with E-state index in [4.69, 9.17) is 0 Å². The van der Waals surface area contributed by atoms with Gasteiger partial charge in [0.1, 0.15) is 24.0 Å². The highest BCUT2D eigenvalue weighted by atomic mass is 16.3. The number of fused-ring (bicyclic) bond motifs is 4. The molecule has 0 aliphatic carbocycles. The van der Waals surface area contributed by atoms with Crippen molar-refractivity contribution in [3.63, 3.8) is 0 Å². The number of benzene rings is 1. The van der Waals surface area contributed by atoms with Gasteiger partial charge in [-0.25, -0.2) is 0 Å². The van der Waals surface area contributed by atoms with E-state index in [9.17, 15) is 19.5 Å². The first kappa shape index (κ1) is 19.1. The molecule has 0 saturated carbocycles. The zero-order valence-corrected chi connectivity index (χ0v) is 16.9. The number of likely N-dealkylation sites (tertiary alicyclic amines) is 1. The fraction of sp³-hybridized carbons (Fsp3) is 0.571. The first-order valence-corrected chi connectivity index (χ1v) is 9.99. The van der Waals surface area contributed by atoms with E-state index < -0.39 is 29.5 Å². The summed E-state index contributed by atoms with van der Waals surface area (Å²) in [5, 5.41) is 15.2. The molecular formula is C21H28N3O4+. The molecule has 1 spiro atoms. The minimum atomic E-state index is -1.21. The van der Waals surface area contributed by atoms with E-state index in [1.165, 1.54) is 4.90 Å². The van der Waals surface area contributed by atoms with Gasteiger partial charge < -0.3 is 15.7 Å². The van der Waals surface area contributed by atoms with Crippen molar-refractivity contribution in [3.05, 3.63) is 28.8 Å². The number of anilines is 1. The van der Waals surface area contributed by atoms with Gasteiger partial charge in [-0.1, -0.05) is 13.0 Å². The lowest BCUT2D eigenvalue weighted by Gasteiger charge is -2.29. The van der Waals surface area contributed by atoms with Crippen LogP contribution in [0.25, 0.3) is 0 Å². The summed E-state index contributed by atoms with van der Waals surface area (Å²) < 4.78 is 0. The topological polar surface area (TPSA) is 103 Å². The first-order valence-electron chi connectivity index (χ1n) is 9.99. The highest BCUT2D eigenvalue weighted by molar-refractivity contribution is 6.14. The first-order chi connectivity index (χ1) is 13.2. The number of rotatable bonds is 3. The van der Waals surface area contributed by atoms with Crippen LogP contribution in [0.5, 0.6) is 0 Å². The van der Waals surface area contributed by atoms with E-state index in [1.54, 1.807) is 12.2 Å². The van der Waals surface area contributed by atoms with E-state index in [1.807, 2.05) is 39.8 Å². The molecule has 3 aliphatic heterocycles. The van der Waals surface area contributed by atoms with E-state index in [0.29, 0.717) is 6.42 Å². The average molecular weight is 386 g/mol. The molecule has 7 nitrogen and oxygen atoms in total. The Morgan fingerprint density at radius 1 is 1.21 bits per heavy atom. The second kappa shape index (κ2) is 6.12. The van der Waals surface area contributed by atoms with Crippen molar-refractivity contribution in [2.45, 2.75) is 64.8 Å². The maximum absolute atomic E-state index is 13.5. The van der Waals surface area contributed by atoms with Gasteiger partial charge in [0, 0.05) is 11.6 Å². The van der Waals surface area contributed by atoms with Crippen LogP contribution in [0.3, 0.4) is 0 Å². The van der Waals surface area contributed by atoms with Gasteiger partial charge in [-0.3, -0.25) is 19.3 Å². The lowest BCUT2D eigenvalue weighted by atomic mass is 9.76. The largest absolute Gasteiger partial charge is 0.387 e. The summed E-state index contributed by atoms with van der Waals surface area (Å²) in [6.45, 7) is 9.31.